The van der Waals surface area contributed by atoms with Gasteiger partial charge in [-0.05, 0) is 51.0 Å². The molecule has 128 valence electrons. The molecule has 0 saturated carbocycles. The van der Waals surface area contributed by atoms with E-state index in [0.29, 0.717) is 12.1 Å². The monoisotopic (exact) mass is 340 g/mol. The first-order valence-corrected chi connectivity index (χ1v) is 9.34. The van der Waals surface area contributed by atoms with E-state index >= 15 is 0 Å². The molecule has 0 spiro atoms. The summed E-state index contributed by atoms with van der Waals surface area (Å²) in [6, 6.07) is 5.93. The van der Waals surface area contributed by atoms with Crippen molar-refractivity contribution in [1.29, 1.82) is 0 Å². The second-order valence-corrected chi connectivity index (χ2v) is 7.93. The van der Waals surface area contributed by atoms with E-state index in [1.807, 2.05) is 6.92 Å². The van der Waals surface area contributed by atoms with Gasteiger partial charge in [-0.2, -0.15) is 4.31 Å². The minimum absolute atomic E-state index is 0.00256. The number of aliphatic hydroxyl groups is 1. The number of sulfonamides is 1. The molecule has 7 heteroatoms. The molecular weight excluding hydrogens is 316 g/mol. The van der Waals surface area contributed by atoms with Crippen molar-refractivity contribution >= 4 is 15.9 Å². The number of nitrogens with zero attached hydrogens (tertiary/aromatic N) is 1. The van der Waals surface area contributed by atoms with Gasteiger partial charge in [0.2, 0.25) is 10.0 Å². The Morgan fingerprint density at radius 1 is 1.35 bits per heavy atom. The van der Waals surface area contributed by atoms with Crippen molar-refractivity contribution < 1.29 is 18.3 Å². The third-order valence-electron chi connectivity index (χ3n) is 4.02. The summed E-state index contributed by atoms with van der Waals surface area (Å²) in [7, 11) is -3.52. The quantitative estimate of drug-likeness (QED) is 0.847. The molecule has 1 heterocycles. The summed E-state index contributed by atoms with van der Waals surface area (Å²) in [5, 5.41) is 11.7. The highest BCUT2D eigenvalue weighted by Crippen LogP contribution is 2.25. The number of benzene rings is 1. The maximum absolute atomic E-state index is 12.7. The summed E-state index contributed by atoms with van der Waals surface area (Å²) < 4.78 is 26.9. The van der Waals surface area contributed by atoms with Crippen molar-refractivity contribution in [3.63, 3.8) is 0 Å². The van der Waals surface area contributed by atoms with Crippen LogP contribution in [0, 0.1) is 0 Å². The van der Waals surface area contributed by atoms with Crippen LogP contribution in [-0.2, 0) is 10.0 Å². The summed E-state index contributed by atoms with van der Waals surface area (Å²) in [5.41, 5.74) is 0.372. The number of hydrogen-bond donors (Lipinski definition) is 2. The number of piperidine rings is 1. The van der Waals surface area contributed by atoms with E-state index in [4.69, 9.17) is 5.11 Å². The maximum atomic E-state index is 12.7. The second kappa shape index (κ2) is 7.42. The Kier molecular flexibility index (Phi) is 5.78. The molecule has 1 fully saturated rings. The summed E-state index contributed by atoms with van der Waals surface area (Å²) >= 11 is 0. The molecule has 1 aliphatic rings. The molecule has 2 unspecified atom stereocenters. The van der Waals surface area contributed by atoms with Crippen molar-refractivity contribution in [3.05, 3.63) is 29.8 Å². The number of amides is 1. The van der Waals surface area contributed by atoms with Gasteiger partial charge in [0.05, 0.1) is 11.0 Å². The Balaban J connectivity index is 2.13. The van der Waals surface area contributed by atoms with Crippen LogP contribution in [0.4, 0.5) is 0 Å². The van der Waals surface area contributed by atoms with Crippen molar-refractivity contribution in [2.24, 2.45) is 0 Å². The number of aliphatic hydroxyl groups excluding tert-OH is 1. The number of nitrogens with one attached hydrogen (secondary N) is 1. The fourth-order valence-corrected chi connectivity index (χ4v) is 4.38. The van der Waals surface area contributed by atoms with Crippen LogP contribution in [-0.4, -0.2) is 49.0 Å². The summed E-state index contributed by atoms with van der Waals surface area (Å²) in [5.74, 6) is -0.332. The highest BCUT2D eigenvalue weighted by molar-refractivity contribution is 7.89. The van der Waals surface area contributed by atoms with Crippen molar-refractivity contribution in [3.8, 4) is 0 Å². The molecule has 6 nitrogen and oxygen atoms in total. The lowest BCUT2D eigenvalue weighted by Gasteiger charge is -2.32. The van der Waals surface area contributed by atoms with Gasteiger partial charge in [0.15, 0.2) is 0 Å². The molecule has 2 N–H and O–H groups in total. The van der Waals surface area contributed by atoms with Gasteiger partial charge < -0.3 is 10.4 Å². The molecule has 2 rings (SSSR count). The van der Waals surface area contributed by atoms with E-state index in [1.54, 1.807) is 11.2 Å². The van der Waals surface area contributed by atoms with Crippen LogP contribution in [0.15, 0.2) is 29.2 Å². The van der Waals surface area contributed by atoms with Gasteiger partial charge in [-0.1, -0.05) is 6.42 Å². The van der Waals surface area contributed by atoms with Gasteiger partial charge in [0, 0.05) is 24.7 Å². The van der Waals surface area contributed by atoms with Crippen LogP contribution in [0.25, 0.3) is 0 Å². The highest BCUT2D eigenvalue weighted by atomic mass is 32.2. The largest absolute Gasteiger partial charge is 0.392 e. The van der Waals surface area contributed by atoms with Crippen LogP contribution < -0.4 is 5.32 Å². The number of carbonyl (C=O) groups excluding carboxylic acids is 1. The van der Waals surface area contributed by atoms with Crippen molar-refractivity contribution in [1.82, 2.24) is 9.62 Å². The molecule has 2 atom stereocenters. The van der Waals surface area contributed by atoms with Crippen molar-refractivity contribution in [2.45, 2.75) is 50.2 Å². The first kappa shape index (κ1) is 17.9. The van der Waals surface area contributed by atoms with E-state index < -0.39 is 16.1 Å². The summed E-state index contributed by atoms with van der Waals surface area (Å²) in [6.07, 6.45) is 2.18. The highest BCUT2D eigenvalue weighted by Gasteiger charge is 2.30. The van der Waals surface area contributed by atoms with Crippen LogP contribution >= 0.6 is 0 Å². The Bertz CT molecular complexity index is 641. The zero-order valence-corrected chi connectivity index (χ0v) is 14.3. The fourth-order valence-electron chi connectivity index (χ4n) is 2.68. The average Bonchev–Trinajstić information content (AvgIpc) is 2.53. The second-order valence-electron chi connectivity index (χ2n) is 6.04. The zero-order valence-electron chi connectivity index (χ0n) is 13.5. The molecular formula is C16H24N2O4S. The first-order valence-electron chi connectivity index (χ1n) is 7.90. The van der Waals surface area contributed by atoms with E-state index in [1.165, 1.54) is 24.3 Å². The van der Waals surface area contributed by atoms with Crippen LogP contribution in [0.3, 0.4) is 0 Å². The van der Waals surface area contributed by atoms with Gasteiger partial charge in [0.1, 0.15) is 0 Å². The molecule has 0 radical (unpaired) electrons. The fraction of sp³-hybridized carbons (Fsp3) is 0.562. The van der Waals surface area contributed by atoms with E-state index in [9.17, 15) is 13.2 Å². The molecule has 0 bridgehead atoms. The van der Waals surface area contributed by atoms with Crippen molar-refractivity contribution in [2.75, 3.05) is 13.1 Å². The lowest BCUT2D eigenvalue weighted by atomic mass is 10.1. The summed E-state index contributed by atoms with van der Waals surface area (Å²) in [6.45, 7) is 4.20. The normalized spacial score (nSPS) is 20.9. The predicted molar refractivity (Wildman–Crippen MR) is 87.7 cm³/mol. The van der Waals surface area contributed by atoms with Crippen LogP contribution in [0.1, 0.15) is 43.5 Å². The third-order valence-corrected chi connectivity index (χ3v) is 6.05. The van der Waals surface area contributed by atoms with Gasteiger partial charge in [0.25, 0.3) is 5.91 Å². The molecule has 23 heavy (non-hydrogen) atoms. The van der Waals surface area contributed by atoms with E-state index in [-0.39, 0.29) is 23.4 Å². The van der Waals surface area contributed by atoms with Gasteiger partial charge in [-0.3, -0.25) is 4.79 Å². The minimum Gasteiger partial charge on any atom is -0.392 e. The average molecular weight is 340 g/mol. The molecule has 1 amide bonds. The number of carbonyl (C=O) groups is 1. The first-order chi connectivity index (χ1) is 10.8. The van der Waals surface area contributed by atoms with Gasteiger partial charge in [-0.25, -0.2) is 8.42 Å². The smallest absolute Gasteiger partial charge is 0.251 e. The third kappa shape index (κ3) is 4.31. The maximum Gasteiger partial charge on any atom is 0.251 e. The SMILES string of the molecule is CC(O)CNC(=O)c1ccc(S(=O)(=O)N2CCCCC2C)cc1. The molecule has 1 aliphatic heterocycles. The molecule has 0 aromatic heterocycles. The van der Waals surface area contributed by atoms with E-state index in [2.05, 4.69) is 5.32 Å². The molecule has 0 aliphatic carbocycles. The molecule has 1 aromatic rings. The standard InChI is InChI=1S/C16H24N2O4S/c1-12-5-3-4-10-18(12)23(21,22)15-8-6-14(7-9-15)16(20)17-11-13(2)19/h6-9,12-13,19H,3-5,10-11H2,1-2H3,(H,17,20). The number of hydrogen-bond acceptors (Lipinski definition) is 4. The van der Waals surface area contributed by atoms with Gasteiger partial charge in [-0.15, -0.1) is 0 Å². The Labute approximate surface area is 137 Å². The van der Waals surface area contributed by atoms with Gasteiger partial charge >= 0.3 is 0 Å². The summed E-state index contributed by atoms with van der Waals surface area (Å²) in [4.78, 5) is 12.1. The molecule has 1 saturated heterocycles. The number of rotatable bonds is 5. The Morgan fingerprint density at radius 3 is 2.57 bits per heavy atom. The van der Waals surface area contributed by atoms with E-state index in [0.717, 1.165) is 19.3 Å². The predicted octanol–water partition coefficient (Wildman–Crippen LogP) is 1.36. The zero-order chi connectivity index (χ0) is 17.0. The Morgan fingerprint density at radius 2 is 2.00 bits per heavy atom. The Hall–Kier alpha value is -1.44. The van der Waals surface area contributed by atoms with Crippen LogP contribution in [0.2, 0.25) is 0 Å². The topological polar surface area (TPSA) is 86.7 Å². The minimum atomic E-state index is -3.52. The molecule has 1 aromatic carbocycles. The van der Waals surface area contributed by atoms with Crippen LogP contribution in [0.5, 0.6) is 0 Å². The lowest BCUT2D eigenvalue weighted by molar-refractivity contribution is 0.0924. The lowest BCUT2D eigenvalue weighted by Crippen LogP contribution is -2.41.